The SMILES string of the molecule is C=Cc1oc2cc3cc(/C=c4\c(=C/C)n(-c5ccccc5)c5ccccc45)n(-c4ccc(Sc5ccc(C#N)cc5)cc4)c3cc2c1C/C=C\C.SS. The number of fused-ring (bicyclic) bond motifs is 3. The van der Waals surface area contributed by atoms with Crippen molar-refractivity contribution in [2.75, 3.05) is 0 Å². The molecule has 8 aromatic rings. The van der Waals surface area contributed by atoms with Gasteiger partial charge in [-0.15, -0.1) is 23.3 Å². The lowest BCUT2D eigenvalue weighted by atomic mass is 10.1. The number of hydrogen-bond donors (Lipinski definition) is 2. The molecule has 0 aliphatic rings. The van der Waals surface area contributed by atoms with Crippen LogP contribution < -0.4 is 10.6 Å². The molecule has 0 aliphatic heterocycles. The molecule has 0 aliphatic carbocycles. The van der Waals surface area contributed by atoms with Crippen LogP contribution in [0.4, 0.5) is 0 Å². The molecule has 3 aromatic heterocycles. The minimum absolute atomic E-state index is 0.662. The maximum Gasteiger partial charge on any atom is 0.135 e. The molecule has 0 radical (unpaired) electrons. The van der Waals surface area contributed by atoms with E-state index in [0.29, 0.717) is 5.56 Å². The van der Waals surface area contributed by atoms with E-state index in [1.807, 2.05) is 37.3 Å². The molecule has 0 saturated carbocycles. The smallest absolute Gasteiger partial charge is 0.135 e. The van der Waals surface area contributed by atoms with Crippen molar-refractivity contribution in [3.8, 4) is 17.4 Å². The molecule has 3 heterocycles. The summed E-state index contributed by atoms with van der Waals surface area (Å²) >= 11 is 8.13. The second-order valence-corrected chi connectivity index (χ2v) is 13.5. The lowest BCUT2D eigenvalue weighted by molar-refractivity contribution is 0.600. The zero-order valence-corrected chi connectivity index (χ0v) is 32.0. The van der Waals surface area contributed by atoms with E-state index < -0.39 is 0 Å². The van der Waals surface area contributed by atoms with Crippen LogP contribution in [0.25, 0.3) is 62.4 Å². The fourth-order valence-electron chi connectivity index (χ4n) is 7.02. The van der Waals surface area contributed by atoms with Crippen molar-refractivity contribution in [2.45, 2.75) is 30.1 Å². The maximum absolute atomic E-state index is 9.21. The van der Waals surface area contributed by atoms with Crippen LogP contribution in [-0.2, 0) is 6.42 Å². The highest BCUT2D eigenvalue weighted by atomic mass is 33.1. The lowest BCUT2D eigenvalue weighted by Gasteiger charge is -2.11. The van der Waals surface area contributed by atoms with Gasteiger partial charge >= 0.3 is 0 Å². The van der Waals surface area contributed by atoms with Crippen molar-refractivity contribution < 1.29 is 4.42 Å². The quantitative estimate of drug-likeness (QED) is 0.0925. The molecule has 5 aromatic carbocycles. The first-order valence-corrected chi connectivity index (χ1v) is 19.7. The van der Waals surface area contributed by atoms with Gasteiger partial charge in [-0.2, -0.15) is 5.26 Å². The molecule has 8 rings (SSSR count). The Morgan fingerprint density at radius 3 is 2.13 bits per heavy atom. The summed E-state index contributed by atoms with van der Waals surface area (Å²) < 4.78 is 11.1. The Bertz CT molecular complexity index is 2780. The number of nitriles is 1. The van der Waals surface area contributed by atoms with Crippen molar-refractivity contribution in [3.05, 3.63) is 173 Å². The van der Waals surface area contributed by atoms with Crippen LogP contribution >= 0.6 is 35.1 Å². The average Bonchev–Trinajstić information content (AvgIpc) is 3.86. The zero-order chi connectivity index (χ0) is 36.9. The van der Waals surface area contributed by atoms with E-state index in [1.165, 1.54) is 10.6 Å². The van der Waals surface area contributed by atoms with Gasteiger partial charge in [-0.05, 0) is 117 Å². The number of rotatable bonds is 8. The van der Waals surface area contributed by atoms with Crippen LogP contribution in [0.1, 0.15) is 36.4 Å². The summed E-state index contributed by atoms with van der Waals surface area (Å²) in [7, 11) is 0. The van der Waals surface area contributed by atoms with Gasteiger partial charge < -0.3 is 13.6 Å². The first kappa shape index (κ1) is 35.9. The number of para-hydroxylation sites is 2. The van der Waals surface area contributed by atoms with E-state index in [-0.39, 0.29) is 0 Å². The Labute approximate surface area is 323 Å². The first-order chi connectivity index (χ1) is 26.1. The summed E-state index contributed by atoms with van der Waals surface area (Å²) in [5, 5.41) is 14.9. The van der Waals surface area contributed by atoms with E-state index in [4.69, 9.17) is 4.42 Å². The van der Waals surface area contributed by atoms with Crippen molar-refractivity contribution in [1.82, 2.24) is 9.13 Å². The highest BCUT2D eigenvalue weighted by Crippen LogP contribution is 2.36. The monoisotopic (exact) mass is 743 g/mol. The second kappa shape index (κ2) is 16.0. The molecule has 53 heavy (non-hydrogen) atoms. The number of furan rings is 1. The predicted octanol–water partition coefficient (Wildman–Crippen LogP) is 11.5. The van der Waals surface area contributed by atoms with Crippen LogP contribution in [0.5, 0.6) is 0 Å². The minimum atomic E-state index is 0.662. The highest BCUT2D eigenvalue weighted by molar-refractivity contribution is 8.59. The highest BCUT2D eigenvalue weighted by Gasteiger charge is 2.18. The standard InChI is InChI=1S/C46H35N3OS.H2S2/c1-4-7-15-39-41-29-44-32(27-46(41)50-45(39)6-3)26-35(48(44)34-20-24-37(25-21-34)51-36-22-18-31(30-47)19-23-36)28-40-38-16-11-12-17-43(38)49(42(40)5-2)33-13-9-8-10-14-33;1-2/h4-14,16-29H,3,15H2,1-2H3;1-2H/b7-4-,40-28-,42-5+;. The molecule has 0 atom stereocenters. The normalized spacial score (nSPS) is 12.1. The van der Waals surface area contributed by atoms with Gasteiger partial charge in [-0.3, -0.25) is 0 Å². The third kappa shape index (κ3) is 6.90. The van der Waals surface area contributed by atoms with Gasteiger partial charge in [0.05, 0.1) is 22.7 Å². The van der Waals surface area contributed by atoms with Crippen molar-refractivity contribution in [3.63, 3.8) is 0 Å². The van der Waals surface area contributed by atoms with Gasteiger partial charge in [0.2, 0.25) is 0 Å². The van der Waals surface area contributed by atoms with Crippen LogP contribution in [0.2, 0.25) is 0 Å². The Kier molecular flexibility index (Phi) is 10.8. The summed E-state index contributed by atoms with van der Waals surface area (Å²) in [6.07, 6.45) is 11.4. The molecule has 260 valence electrons. The lowest BCUT2D eigenvalue weighted by Crippen LogP contribution is -2.28. The third-order valence-corrected chi connectivity index (χ3v) is 10.4. The van der Waals surface area contributed by atoms with E-state index in [2.05, 4.69) is 173 Å². The Morgan fingerprint density at radius 2 is 1.45 bits per heavy atom. The molecular weight excluding hydrogens is 707 g/mol. The molecule has 0 amide bonds. The molecule has 7 heteroatoms. The summed E-state index contributed by atoms with van der Waals surface area (Å²) in [5.41, 5.74) is 8.20. The van der Waals surface area contributed by atoms with Crippen molar-refractivity contribution >= 4 is 86.1 Å². The third-order valence-electron chi connectivity index (χ3n) is 9.36. The zero-order valence-electron chi connectivity index (χ0n) is 29.4. The van der Waals surface area contributed by atoms with Gasteiger partial charge in [0.15, 0.2) is 0 Å². The van der Waals surface area contributed by atoms with Crippen LogP contribution in [0.3, 0.4) is 0 Å². The molecule has 0 N–H and O–H groups in total. The van der Waals surface area contributed by atoms with Crippen molar-refractivity contribution in [2.24, 2.45) is 0 Å². The number of allylic oxidation sites excluding steroid dienone is 2. The van der Waals surface area contributed by atoms with Crippen LogP contribution in [-0.4, -0.2) is 9.13 Å². The first-order valence-electron chi connectivity index (χ1n) is 17.3. The largest absolute Gasteiger partial charge is 0.456 e. The molecule has 4 nitrogen and oxygen atoms in total. The Morgan fingerprint density at radius 1 is 0.774 bits per heavy atom. The number of aromatic nitrogens is 2. The summed E-state index contributed by atoms with van der Waals surface area (Å²) in [5.74, 6) is 0.815. The summed E-state index contributed by atoms with van der Waals surface area (Å²) in [6, 6.07) is 44.6. The van der Waals surface area contributed by atoms with Gasteiger partial charge in [0, 0.05) is 59.1 Å². The fraction of sp³-hybridized carbons (Fsp3) is 0.0652. The fourth-order valence-corrected chi connectivity index (χ4v) is 7.83. The average molecular weight is 744 g/mol. The van der Waals surface area contributed by atoms with Crippen LogP contribution in [0, 0.1) is 11.3 Å². The van der Waals surface area contributed by atoms with E-state index in [0.717, 1.165) is 77.3 Å². The van der Waals surface area contributed by atoms with Gasteiger partial charge in [-0.25, -0.2) is 0 Å². The van der Waals surface area contributed by atoms with Crippen LogP contribution in [0.15, 0.2) is 154 Å². The second-order valence-electron chi connectivity index (χ2n) is 12.4. The molecular formula is C46H37N3OS3. The Balaban J connectivity index is 0.00000214. The maximum atomic E-state index is 9.21. The summed E-state index contributed by atoms with van der Waals surface area (Å²) in [6.45, 7) is 8.20. The number of nitrogens with zero attached hydrogens (tertiary/aromatic N) is 3. The van der Waals surface area contributed by atoms with E-state index in [1.54, 1.807) is 11.8 Å². The molecule has 0 bridgehead atoms. The Hall–Kier alpha value is -5.52. The number of thiol groups is 2. The number of benzene rings is 5. The summed E-state index contributed by atoms with van der Waals surface area (Å²) in [4.78, 5) is 2.22. The van der Waals surface area contributed by atoms with Gasteiger partial charge in [0.25, 0.3) is 0 Å². The molecule has 0 spiro atoms. The minimum Gasteiger partial charge on any atom is -0.456 e. The van der Waals surface area contributed by atoms with Crippen molar-refractivity contribution in [1.29, 1.82) is 5.26 Å². The van der Waals surface area contributed by atoms with E-state index >= 15 is 0 Å². The molecule has 0 unspecified atom stereocenters. The molecule has 0 fully saturated rings. The predicted molar refractivity (Wildman–Crippen MR) is 231 cm³/mol. The molecule has 0 saturated heterocycles. The van der Waals surface area contributed by atoms with E-state index in [9.17, 15) is 5.26 Å². The topological polar surface area (TPSA) is 46.8 Å². The van der Waals surface area contributed by atoms with Gasteiger partial charge in [-0.1, -0.05) is 73.0 Å². The van der Waals surface area contributed by atoms with Gasteiger partial charge in [0.1, 0.15) is 11.3 Å². The number of hydrogen-bond acceptors (Lipinski definition) is 5.